The number of amides is 2. The van der Waals surface area contributed by atoms with E-state index in [1.807, 2.05) is 25.5 Å². The number of pyridine rings is 2. The van der Waals surface area contributed by atoms with E-state index < -0.39 is 31.9 Å². The molecule has 2 aliphatic heterocycles. The van der Waals surface area contributed by atoms with Crippen LogP contribution in [0, 0.1) is 36.5 Å². The van der Waals surface area contributed by atoms with Crippen molar-refractivity contribution in [1.29, 1.82) is 0 Å². The summed E-state index contributed by atoms with van der Waals surface area (Å²) in [6, 6.07) is 9.57. The van der Waals surface area contributed by atoms with E-state index in [0.717, 1.165) is 12.3 Å². The summed E-state index contributed by atoms with van der Waals surface area (Å²) in [4.78, 5) is 48.1. The molecule has 25 nitrogen and oxygen atoms in total. The summed E-state index contributed by atoms with van der Waals surface area (Å²) in [5.41, 5.74) is 0.740. The summed E-state index contributed by atoms with van der Waals surface area (Å²) in [5.74, 6) is 1.72. The number of hydrogen-bond donors (Lipinski definition) is 3. The molecule has 0 bridgehead atoms. The number of anilines is 1. The van der Waals surface area contributed by atoms with Gasteiger partial charge in [-0.15, -0.1) is 22.6 Å². The molecule has 0 unspecified atom stereocenters. The zero-order valence-electron chi connectivity index (χ0n) is 53.3. The molecule has 33 heteroatoms. The fourth-order valence-corrected chi connectivity index (χ4v) is 11.5. The quantitative estimate of drug-likeness (QED) is 0.0442. The van der Waals surface area contributed by atoms with Gasteiger partial charge in [-0.25, -0.2) is 45.6 Å². The first-order valence-corrected chi connectivity index (χ1v) is 29.2. The molecule has 0 radical (unpaired) electrons. The van der Waals surface area contributed by atoms with Crippen LogP contribution in [0.5, 0.6) is 11.8 Å². The molecule has 0 aromatic carbocycles. The number of nitrogens with one attached hydrogen (secondary N) is 3. The first-order chi connectivity index (χ1) is 37.4. The number of nitrogens with zero attached hydrogens (tertiary/aromatic N) is 11. The number of carbonyl (C=O) groups is 3. The van der Waals surface area contributed by atoms with Crippen molar-refractivity contribution in [3.05, 3.63) is 88.9 Å². The van der Waals surface area contributed by atoms with E-state index in [-0.39, 0.29) is 198 Å². The molecule has 3 N–H and O–H groups in total. The van der Waals surface area contributed by atoms with Crippen LogP contribution in [0.1, 0.15) is 129 Å². The monoisotopic (exact) mass is 1370 g/mol. The molecule has 2 amide bonds. The Morgan fingerprint density at radius 1 is 0.733 bits per heavy atom. The van der Waals surface area contributed by atoms with E-state index in [1.165, 1.54) is 58.5 Å². The fourth-order valence-electron chi connectivity index (χ4n) is 8.85. The molecule has 86 heavy (non-hydrogen) atoms. The number of ether oxygens (including phenoxy) is 2. The van der Waals surface area contributed by atoms with Crippen LogP contribution in [-0.2, 0) is 43.8 Å². The normalized spacial score (nSPS) is 15.7. The summed E-state index contributed by atoms with van der Waals surface area (Å²) in [6.07, 6.45) is 8.30. The van der Waals surface area contributed by atoms with Crippen LogP contribution in [0.2, 0.25) is 5.15 Å². The van der Waals surface area contributed by atoms with E-state index in [2.05, 4.69) is 108 Å². The third-order valence-electron chi connectivity index (χ3n) is 12.2. The van der Waals surface area contributed by atoms with Gasteiger partial charge in [-0.1, -0.05) is 67.0 Å². The number of carbonyl (C=O) groups excluding carboxylic acids is 3. The number of hydrogen-bond acceptors (Lipinski definition) is 19. The molecule has 2 fully saturated rings. The maximum absolute atomic E-state index is 13.4. The van der Waals surface area contributed by atoms with Crippen molar-refractivity contribution >= 4 is 95.2 Å². The van der Waals surface area contributed by atoms with E-state index in [9.17, 15) is 26.4 Å². The molecule has 6 aromatic rings. The molecule has 470 valence electrons. The van der Waals surface area contributed by atoms with Gasteiger partial charge < -0.3 is 31.3 Å². The van der Waals surface area contributed by atoms with E-state index >= 15 is 0 Å². The minimum absolute atomic E-state index is 0. The smallest absolute Gasteiger partial charge is 1.00 e. The predicted octanol–water partition coefficient (Wildman–Crippen LogP) is 0.581. The third kappa shape index (κ3) is 24.5. The summed E-state index contributed by atoms with van der Waals surface area (Å²) in [7, 11) is -5.04. The van der Waals surface area contributed by atoms with Crippen LogP contribution in [0.25, 0.3) is 11.6 Å². The predicted molar refractivity (Wildman–Crippen MR) is 330 cm³/mol. The molecule has 8 heterocycles. The van der Waals surface area contributed by atoms with Gasteiger partial charge >= 0.3 is 103 Å². The third-order valence-corrected chi connectivity index (χ3v) is 15.4. The number of sulfonamides is 2. The average molecular weight is 1370 g/mol. The maximum atomic E-state index is 13.4. The van der Waals surface area contributed by atoms with E-state index in [1.54, 1.807) is 62.4 Å². The minimum Gasteiger partial charge on any atom is -1.00 e. The van der Waals surface area contributed by atoms with Crippen LogP contribution >= 0.6 is 51.0 Å². The van der Waals surface area contributed by atoms with Gasteiger partial charge in [0.1, 0.15) is 20.8 Å². The molecular formula is C53H82Cl2K2N14O11S4. The molecular weight excluding hydrogens is 1290 g/mol. The Labute approximate surface area is 617 Å². The van der Waals surface area contributed by atoms with Crippen LogP contribution in [0.3, 0.4) is 0 Å². The first kappa shape index (κ1) is 83.3. The molecule has 0 spiro atoms. The van der Waals surface area contributed by atoms with Crippen molar-refractivity contribution < 1.29 is 155 Å². The van der Waals surface area contributed by atoms with Crippen molar-refractivity contribution in [2.45, 2.75) is 131 Å². The standard InChI is InChI=1S/C26H37N7O4S.C19H23ClN6O4S.C7H15N.CH2O3.ClH.2K.2H2S.H/c1-17-13-26(6,7)32(14-17)23-19(24(34)30-38(35,36)20-15-31(8)28-18(20)2)9-10-21(27-23)33-12-11-22(29-33)37-16-25(3,4)5;1-12-14(10-25(5)22-12)31(28,29)24-18(27)13-6-7-15(21-17(13)20)26-9-8-16(23-26)30-11-19(2,3)4;1-6-4-7(2,3)8-5-6;2-1-4-3;;;;;;/h9-12,15,17H,13-14,16H2,1-8H3,(H,30,34);6-10H,11H2,1-5H3,(H,24,27);6,8H,4-5H2,1-3H3;1,3H;1H;;;2*1H2;/q;;;;;2*+1;;;-1/p-1/t17-;;6-;;;;;;;/m0.0......./s1. The summed E-state index contributed by atoms with van der Waals surface area (Å²) < 4.78 is 72.5. The molecule has 2 atom stereocenters. The van der Waals surface area contributed by atoms with Gasteiger partial charge in [0.25, 0.3) is 38.3 Å². The van der Waals surface area contributed by atoms with Crippen LogP contribution in [-0.4, -0.2) is 122 Å². The van der Waals surface area contributed by atoms with Crippen molar-refractivity contribution in [2.24, 2.45) is 36.8 Å². The van der Waals surface area contributed by atoms with Crippen LogP contribution in [0.15, 0.2) is 71.0 Å². The maximum Gasteiger partial charge on any atom is 1.00 e. The number of aromatic nitrogens is 10. The van der Waals surface area contributed by atoms with Gasteiger partial charge in [0.15, 0.2) is 11.6 Å². The zero-order chi connectivity index (χ0) is 60.6. The Hall–Kier alpha value is -2.68. The van der Waals surface area contributed by atoms with E-state index in [4.69, 9.17) is 36.1 Å². The molecule has 0 aliphatic carbocycles. The molecule has 2 aliphatic rings. The van der Waals surface area contributed by atoms with Gasteiger partial charge in [0, 0.05) is 68.6 Å². The van der Waals surface area contributed by atoms with Gasteiger partial charge in [0.2, 0.25) is 11.8 Å². The second-order valence-corrected chi connectivity index (χ2v) is 27.5. The molecule has 6 aromatic heterocycles. The Morgan fingerprint density at radius 3 is 1.48 bits per heavy atom. The van der Waals surface area contributed by atoms with E-state index in [0.29, 0.717) is 66.1 Å². The zero-order valence-corrected chi connectivity index (χ0v) is 63.7. The Balaban J connectivity index is 0. The SMILES string of the molecule is C[C@@H]1CNC(C)(C)C1.Cc1nn(C)cc1S(=O)(=O)NC(=O)c1ccc(-n2ccc(OCC(C)(C)C)n2)nc1Cl.Cc1nn(C)cc1S(=O)(=O)NC(=O)c1ccc(-n2ccc(OCC(C)(C)C)n2)nc1N1C[C@@H](C)CC1(C)C.Cl.O=CO[O-].S.S.[H-].[K+].[K+]. The Bertz CT molecular complexity index is 3430. The largest absolute Gasteiger partial charge is 1.00 e. The number of halogens is 2. The first-order valence-electron chi connectivity index (χ1n) is 25.9. The van der Waals surface area contributed by atoms with Gasteiger partial charge in [0.05, 0.1) is 35.7 Å². The second kappa shape index (κ2) is 34.7. The van der Waals surface area contributed by atoms with Crippen molar-refractivity contribution in [2.75, 3.05) is 31.2 Å². The van der Waals surface area contributed by atoms with Crippen molar-refractivity contribution in [3.8, 4) is 23.4 Å². The second-order valence-electron chi connectivity index (χ2n) is 23.8. The number of aryl methyl sites for hydroxylation is 4. The van der Waals surface area contributed by atoms with Crippen molar-refractivity contribution in [3.63, 3.8) is 0 Å². The molecule has 2 saturated heterocycles. The fraction of sp³-hybridized carbons (Fsp3) is 0.528. The van der Waals surface area contributed by atoms with Crippen molar-refractivity contribution in [1.82, 2.24) is 63.9 Å². The summed E-state index contributed by atoms with van der Waals surface area (Å²) >= 11 is 6.16. The Kier molecular flexibility index (Phi) is 33.6. The Morgan fingerprint density at radius 2 is 1.15 bits per heavy atom. The number of rotatable bonds is 14. The summed E-state index contributed by atoms with van der Waals surface area (Å²) in [5, 5.41) is 28.5. The minimum atomic E-state index is -4.14. The molecule has 0 saturated carbocycles. The average Bonchev–Trinajstić information content (AvgIpc) is 2.24. The molecule has 8 rings (SSSR count). The topological polar surface area (TPSA) is 307 Å². The van der Waals surface area contributed by atoms with Crippen LogP contribution < -0.4 is 137 Å². The summed E-state index contributed by atoms with van der Waals surface area (Å²) in [6.45, 7) is 31.3. The van der Waals surface area contributed by atoms with Gasteiger partial charge in [-0.3, -0.25) is 23.7 Å². The van der Waals surface area contributed by atoms with Gasteiger partial charge in [-0.2, -0.15) is 37.2 Å². The van der Waals surface area contributed by atoms with Crippen LogP contribution in [0.4, 0.5) is 5.82 Å². The van der Waals surface area contributed by atoms with Gasteiger partial charge in [-0.05, 0) is 108 Å².